The van der Waals surface area contributed by atoms with Crippen LogP contribution in [-0.2, 0) is 0 Å². The predicted molar refractivity (Wildman–Crippen MR) is 72.2 cm³/mol. The lowest BCUT2D eigenvalue weighted by atomic mass is 10.1. The summed E-state index contributed by atoms with van der Waals surface area (Å²) in [5.41, 5.74) is 1.83. The number of aryl methyl sites for hydroxylation is 1. The summed E-state index contributed by atoms with van der Waals surface area (Å²) >= 11 is 3.42. The van der Waals surface area contributed by atoms with E-state index in [1.54, 1.807) is 0 Å². The Balaban J connectivity index is 2.21. The van der Waals surface area contributed by atoms with Crippen LogP contribution in [0.4, 0.5) is 0 Å². The standard InChI is InChI=1S/C13H17BrN2O/c1-9-3-4-11(14)7-12(9)13(17)16-6-5-15-10(2)8-16/h3-4,7,10,15H,5-6,8H2,1-2H3/t10-/m1/s1. The molecule has 1 amide bonds. The molecule has 1 aliphatic heterocycles. The van der Waals surface area contributed by atoms with Gasteiger partial charge in [-0.3, -0.25) is 4.79 Å². The number of piperazine rings is 1. The number of amides is 1. The van der Waals surface area contributed by atoms with Gasteiger partial charge in [0.1, 0.15) is 0 Å². The van der Waals surface area contributed by atoms with Crippen molar-refractivity contribution in [1.29, 1.82) is 0 Å². The molecule has 2 rings (SSSR count). The number of carbonyl (C=O) groups is 1. The van der Waals surface area contributed by atoms with E-state index in [1.165, 1.54) is 0 Å². The molecule has 1 aromatic rings. The van der Waals surface area contributed by atoms with Crippen molar-refractivity contribution in [2.24, 2.45) is 0 Å². The lowest BCUT2D eigenvalue weighted by molar-refractivity contribution is 0.0708. The van der Waals surface area contributed by atoms with E-state index in [-0.39, 0.29) is 5.91 Å². The van der Waals surface area contributed by atoms with E-state index in [1.807, 2.05) is 30.0 Å². The maximum atomic E-state index is 12.4. The third-order valence-corrected chi connectivity index (χ3v) is 3.58. The average molecular weight is 297 g/mol. The second-order valence-corrected chi connectivity index (χ2v) is 5.48. The number of carbonyl (C=O) groups excluding carboxylic acids is 1. The fraction of sp³-hybridized carbons (Fsp3) is 0.462. The van der Waals surface area contributed by atoms with Crippen molar-refractivity contribution in [2.45, 2.75) is 19.9 Å². The Bertz CT molecular complexity index is 433. The fourth-order valence-electron chi connectivity index (χ4n) is 2.11. The summed E-state index contributed by atoms with van der Waals surface area (Å²) in [6.45, 7) is 6.53. The van der Waals surface area contributed by atoms with E-state index < -0.39 is 0 Å². The molecule has 0 radical (unpaired) electrons. The van der Waals surface area contributed by atoms with E-state index in [0.717, 1.165) is 35.2 Å². The van der Waals surface area contributed by atoms with Gasteiger partial charge in [0.15, 0.2) is 0 Å². The summed E-state index contributed by atoms with van der Waals surface area (Å²) in [7, 11) is 0. The number of benzene rings is 1. The summed E-state index contributed by atoms with van der Waals surface area (Å²) in [5, 5.41) is 3.34. The van der Waals surface area contributed by atoms with E-state index in [0.29, 0.717) is 6.04 Å². The number of hydrogen-bond donors (Lipinski definition) is 1. The highest BCUT2D eigenvalue weighted by molar-refractivity contribution is 9.10. The van der Waals surface area contributed by atoms with Gasteiger partial charge in [0.2, 0.25) is 0 Å². The normalized spacial score (nSPS) is 20.4. The monoisotopic (exact) mass is 296 g/mol. The molecule has 1 atom stereocenters. The number of hydrogen-bond acceptors (Lipinski definition) is 2. The zero-order valence-corrected chi connectivity index (χ0v) is 11.8. The molecule has 0 spiro atoms. The molecule has 1 heterocycles. The Morgan fingerprint density at radius 2 is 2.29 bits per heavy atom. The summed E-state index contributed by atoms with van der Waals surface area (Å²) in [6.07, 6.45) is 0. The smallest absolute Gasteiger partial charge is 0.254 e. The topological polar surface area (TPSA) is 32.3 Å². The molecule has 17 heavy (non-hydrogen) atoms. The molecular weight excluding hydrogens is 280 g/mol. The summed E-state index contributed by atoms with van der Waals surface area (Å²) in [4.78, 5) is 14.3. The van der Waals surface area contributed by atoms with Crippen molar-refractivity contribution in [3.05, 3.63) is 33.8 Å². The van der Waals surface area contributed by atoms with Crippen LogP contribution < -0.4 is 5.32 Å². The van der Waals surface area contributed by atoms with Crippen LogP contribution in [0.2, 0.25) is 0 Å². The highest BCUT2D eigenvalue weighted by Gasteiger charge is 2.22. The van der Waals surface area contributed by atoms with Gasteiger partial charge in [-0.2, -0.15) is 0 Å². The second-order valence-electron chi connectivity index (χ2n) is 4.57. The van der Waals surface area contributed by atoms with Crippen molar-refractivity contribution in [1.82, 2.24) is 10.2 Å². The molecule has 92 valence electrons. The first-order chi connectivity index (χ1) is 8.08. The van der Waals surface area contributed by atoms with E-state index in [9.17, 15) is 4.79 Å². The van der Waals surface area contributed by atoms with Crippen LogP contribution in [0, 0.1) is 6.92 Å². The second kappa shape index (κ2) is 5.19. The molecular formula is C13H17BrN2O. The summed E-state index contributed by atoms with van der Waals surface area (Å²) < 4.78 is 0.953. The van der Waals surface area contributed by atoms with Crippen LogP contribution in [0.5, 0.6) is 0 Å². The Morgan fingerprint density at radius 1 is 1.53 bits per heavy atom. The minimum absolute atomic E-state index is 0.136. The number of rotatable bonds is 1. The summed E-state index contributed by atoms with van der Waals surface area (Å²) in [6, 6.07) is 6.22. The zero-order valence-electron chi connectivity index (χ0n) is 10.2. The van der Waals surface area contributed by atoms with Gasteiger partial charge in [0, 0.05) is 35.7 Å². The van der Waals surface area contributed by atoms with Crippen molar-refractivity contribution in [3.8, 4) is 0 Å². The molecule has 1 fully saturated rings. The Hall–Kier alpha value is -0.870. The van der Waals surface area contributed by atoms with Gasteiger partial charge in [-0.15, -0.1) is 0 Å². The van der Waals surface area contributed by atoms with E-state index in [4.69, 9.17) is 0 Å². The molecule has 4 heteroatoms. The first-order valence-corrected chi connectivity index (χ1v) is 6.66. The van der Waals surface area contributed by atoms with Crippen LogP contribution in [0.1, 0.15) is 22.8 Å². The van der Waals surface area contributed by atoms with Crippen molar-refractivity contribution < 1.29 is 4.79 Å². The first-order valence-electron chi connectivity index (χ1n) is 5.87. The Morgan fingerprint density at radius 3 is 3.00 bits per heavy atom. The van der Waals surface area contributed by atoms with Crippen molar-refractivity contribution in [3.63, 3.8) is 0 Å². The molecule has 0 bridgehead atoms. The van der Waals surface area contributed by atoms with Gasteiger partial charge in [-0.1, -0.05) is 22.0 Å². The quantitative estimate of drug-likeness (QED) is 0.862. The van der Waals surface area contributed by atoms with Crippen LogP contribution in [0.15, 0.2) is 22.7 Å². The molecule has 0 saturated carbocycles. The number of nitrogens with zero attached hydrogens (tertiary/aromatic N) is 1. The zero-order chi connectivity index (χ0) is 12.4. The van der Waals surface area contributed by atoms with Crippen molar-refractivity contribution >= 4 is 21.8 Å². The van der Waals surface area contributed by atoms with Gasteiger partial charge in [0.05, 0.1) is 0 Å². The largest absolute Gasteiger partial charge is 0.336 e. The summed E-state index contributed by atoms with van der Waals surface area (Å²) in [5.74, 6) is 0.136. The lowest BCUT2D eigenvalue weighted by Gasteiger charge is -2.32. The molecule has 1 aliphatic rings. The molecule has 3 nitrogen and oxygen atoms in total. The predicted octanol–water partition coefficient (Wildman–Crippen LogP) is 2.19. The van der Waals surface area contributed by atoms with Gasteiger partial charge < -0.3 is 10.2 Å². The first kappa shape index (κ1) is 12.6. The lowest BCUT2D eigenvalue weighted by Crippen LogP contribution is -2.51. The molecule has 1 aromatic carbocycles. The molecule has 0 aliphatic carbocycles. The molecule has 0 unspecified atom stereocenters. The highest BCUT2D eigenvalue weighted by atomic mass is 79.9. The number of halogens is 1. The minimum Gasteiger partial charge on any atom is -0.336 e. The minimum atomic E-state index is 0.136. The number of nitrogens with one attached hydrogen (secondary N) is 1. The van der Waals surface area contributed by atoms with Crippen molar-refractivity contribution in [2.75, 3.05) is 19.6 Å². The average Bonchev–Trinajstić information content (AvgIpc) is 2.31. The van der Waals surface area contributed by atoms with Crippen LogP contribution in [0.25, 0.3) is 0 Å². The molecule has 1 saturated heterocycles. The Labute approximate surface area is 110 Å². The maximum absolute atomic E-state index is 12.4. The van der Waals surface area contributed by atoms with Crippen LogP contribution in [0.3, 0.4) is 0 Å². The fourth-order valence-corrected chi connectivity index (χ4v) is 2.47. The van der Waals surface area contributed by atoms with Gasteiger partial charge in [0.25, 0.3) is 5.91 Å². The van der Waals surface area contributed by atoms with Gasteiger partial charge >= 0.3 is 0 Å². The highest BCUT2D eigenvalue weighted by Crippen LogP contribution is 2.18. The van der Waals surface area contributed by atoms with E-state index in [2.05, 4.69) is 28.2 Å². The van der Waals surface area contributed by atoms with E-state index >= 15 is 0 Å². The maximum Gasteiger partial charge on any atom is 0.254 e. The third kappa shape index (κ3) is 2.87. The third-order valence-electron chi connectivity index (χ3n) is 3.09. The molecule has 1 N–H and O–H groups in total. The van der Waals surface area contributed by atoms with Crippen LogP contribution >= 0.6 is 15.9 Å². The van der Waals surface area contributed by atoms with Crippen LogP contribution in [-0.4, -0.2) is 36.5 Å². The van der Waals surface area contributed by atoms with Gasteiger partial charge in [-0.05, 0) is 31.5 Å². The molecule has 0 aromatic heterocycles. The Kier molecular flexibility index (Phi) is 3.84. The van der Waals surface area contributed by atoms with Gasteiger partial charge in [-0.25, -0.2) is 0 Å². The SMILES string of the molecule is Cc1ccc(Br)cc1C(=O)N1CCN[C@H](C)C1.